The molecule has 0 aliphatic heterocycles. The summed E-state index contributed by atoms with van der Waals surface area (Å²) < 4.78 is 0. The maximum Gasteiger partial charge on any atom is 1.00 e. The van der Waals surface area contributed by atoms with Gasteiger partial charge in [0, 0.05) is 0 Å². The molecule has 0 saturated carbocycles. The minimum absolute atomic E-state index is 0. The molecule has 0 amide bonds. The fraction of sp³-hybridized carbons (Fsp3) is 0. The van der Waals surface area contributed by atoms with Gasteiger partial charge in [-0.25, -0.2) is 0 Å². The molecule has 0 heterocycles. The molecule has 0 radical (unpaired) electrons. The summed E-state index contributed by atoms with van der Waals surface area (Å²) in [6.45, 7) is 0. The van der Waals surface area contributed by atoms with E-state index < -0.39 is 6.16 Å². The Morgan fingerprint density at radius 3 is 1.00 bits per heavy atom. The van der Waals surface area contributed by atoms with Crippen molar-refractivity contribution < 1.29 is 74.1 Å². The molecule has 0 aromatic heterocycles. The van der Waals surface area contributed by atoms with Gasteiger partial charge in [-0.1, -0.05) is 0 Å². The van der Waals surface area contributed by atoms with Crippen LogP contribution in [0.3, 0.4) is 0 Å². The van der Waals surface area contributed by atoms with E-state index in [1.54, 1.807) is 0 Å². The van der Waals surface area contributed by atoms with Crippen LogP contribution in [-0.4, -0.2) is 109 Å². The smallest absolute Gasteiger partial charge is 1.00 e. The van der Waals surface area contributed by atoms with Gasteiger partial charge in [-0.3, -0.25) is 0 Å². The van der Waals surface area contributed by atoms with E-state index in [1.165, 1.54) is 0 Å². The standard InChI is InChI=1S/CH2O3.2K.2Na.2H/c2-1(3)4;;;;;;/h(H2,2,3,4);;;;;;/q;;;2*+1;;/p-2. The van der Waals surface area contributed by atoms with E-state index in [9.17, 15) is 0 Å². The van der Waals surface area contributed by atoms with E-state index in [0.717, 1.165) is 0 Å². The number of carbonyl (C=O) groups excluding carboxylic acids is 1. The second kappa shape index (κ2) is 22.6. The van der Waals surface area contributed by atoms with Gasteiger partial charge in [-0.05, 0) is 6.16 Å². The van der Waals surface area contributed by atoms with Gasteiger partial charge in [0.15, 0.2) is 0 Å². The molecule has 0 atom stereocenters. The van der Waals surface area contributed by atoms with Gasteiger partial charge in [0.05, 0.1) is 0 Å². The first-order valence-corrected chi connectivity index (χ1v) is 0.612. The van der Waals surface area contributed by atoms with Crippen LogP contribution in [0.5, 0.6) is 0 Å². The number of carboxylic acid groups (broad SMARTS) is 2. The van der Waals surface area contributed by atoms with Crippen LogP contribution in [-0.2, 0) is 0 Å². The molecule has 0 aliphatic carbocycles. The van der Waals surface area contributed by atoms with Crippen molar-refractivity contribution in [2.45, 2.75) is 0 Å². The van der Waals surface area contributed by atoms with Crippen molar-refractivity contribution in [3.05, 3.63) is 0 Å². The van der Waals surface area contributed by atoms with E-state index in [-0.39, 0.29) is 162 Å². The molecule has 0 bridgehead atoms. The average Bonchev–Trinajstić information content (AvgIpc) is 0.811. The quantitative estimate of drug-likeness (QED) is 0.353. The van der Waals surface area contributed by atoms with Crippen molar-refractivity contribution in [3.8, 4) is 0 Å². The van der Waals surface area contributed by atoms with E-state index in [2.05, 4.69) is 0 Å². The summed E-state index contributed by atoms with van der Waals surface area (Å²) in [5.74, 6) is 0. The minimum atomic E-state index is -2.33. The van der Waals surface area contributed by atoms with Crippen molar-refractivity contribution >= 4 is 109 Å². The Morgan fingerprint density at radius 2 is 1.00 bits per heavy atom. The van der Waals surface area contributed by atoms with Crippen molar-refractivity contribution in [1.82, 2.24) is 0 Å². The molecule has 7 heteroatoms. The molecule has 0 aliphatic rings. The Hall–Kier alpha value is 4.54. The third-order valence-corrected chi connectivity index (χ3v) is 0. The number of hydrogen-bond acceptors (Lipinski definition) is 3. The Bertz CT molecular complexity index is 38.3. The molecule has 28 valence electrons. The number of carbonyl (C=O) groups is 1. The summed E-state index contributed by atoms with van der Waals surface area (Å²) in [4.78, 5) is 8.33. The van der Waals surface area contributed by atoms with Gasteiger partial charge in [0.2, 0.25) is 0 Å². The van der Waals surface area contributed by atoms with E-state index >= 15 is 0 Å². The molecule has 0 aromatic rings. The topological polar surface area (TPSA) is 63.2 Å². The Labute approximate surface area is 177 Å². The van der Waals surface area contributed by atoms with Gasteiger partial charge < -0.3 is 15.0 Å². The van der Waals surface area contributed by atoms with Crippen LogP contribution in [0.1, 0.15) is 0 Å². The number of hydrogen-bond donors (Lipinski definition) is 0. The molecule has 0 rings (SSSR count). The first kappa shape index (κ1) is 29.4. The fourth-order valence-electron chi connectivity index (χ4n) is 0. The van der Waals surface area contributed by atoms with Crippen LogP contribution in [0.25, 0.3) is 0 Å². The molecule has 0 unspecified atom stereocenters. The molecule has 0 aromatic carbocycles. The summed E-state index contributed by atoms with van der Waals surface area (Å²) in [7, 11) is 0. The molecular formula is CH2K2Na2O3. The maximum atomic E-state index is 8.33. The fourth-order valence-corrected chi connectivity index (χ4v) is 0. The Morgan fingerprint density at radius 1 is 1.00 bits per heavy atom. The van der Waals surface area contributed by atoms with Crippen LogP contribution in [0.2, 0.25) is 0 Å². The zero-order valence-electron chi connectivity index (χ0n) is 3.72. The maximum absolute atomic E-state index is 8.33. The van der Waals surface area contributed by atoms with Crippen molar-refractivity contribution in [2.24, 2.45) is 0 Å². The van der Waals surface area contributed by atoms with Crippen molar-refractivity contribution in [2.75, 3.05) is 0 Å². The average molecular weight is 186 g/mol. The van der Waals surface area contributed by atoms with Crippen LogP contribution in [0.4, 0.5) is 4.79 Å². The largest absolute Gasteiger partial charge is 1.00 e. The predicted octanol–water partition coefficient (Wildman–Crippen LogP) is -9.74. The second-order valence-corrected chi connectivity index (χ2v) is 0.250. The normalized spacial score (nSPS) is 3.00. The Kier molecular flexibility index (Phi) is 82.8. The Balaban J connectivity index is -0.00000000750. The van der Waals surface area contributed by atoms with Gasteiger partial charge in [-0.15, -0.1) is 0 Å². The monoisotopic (exact) mass is 186 g/mol. The molecule has 0 spiro atoms. The zero-order chi connectivity index (χ0) is 3.58. The van der Waals surface area contributed by atoms with E-state index in [4.69, 9.17) is 15.0 Å². The van der Waals surface area contributed by atoms with Crippen LogP contribution < -0.4 is 69.3 Å². The first-order valence-electron chi connectivity index (χ1n) is 0.612. The SMILES string of the molecule is O=C([O-])[O-].[KH].[KH].[Na+].[Na+]. The van der Waals surface area contributed by atoms with Gasteiger partial charge in [0.25, 0.3) is 0 Å². The third-order valence-electron chi connectivity index (χ3n) is 0. The summed E-state index contributed by atoms with van der Waals surface area (Å²) >= 11 is 0. The number of rotatable bonds is 0. The molecule has 0 fully saturated rings. The van der Waals surface area contributed by atoms with Crippen molar-refractivity contribution in [3.63, 3.8) is 0 Å². The van der Waals surface area contributed by atoms with Gasteiger partial charge in [-0.2, -0.15) is 0 Å². The molecule has 8 heavy (non-hydrogen) atoms. The summed E-state index contributed by atoms with van der Waals surface area (Å²) in [6, 6.07) is 0. The second-order valence-electron chi connectivity index (χ2n) is 0.250. The first-order chi connectivity index (χ1) is 1.73. The molecular weight excluding hydrogens is 184 g/mol. The van der Waals surface area contributed by atoms with Gasteiger partial charge in [0.1, 0.15) is 0 Å². The van der Waals surface area contributed by atoms with Gasteiger partial charge >= 0.3 is 162 Å². The van der Waals surface area contributed by atoms with E-state index in [0.29, 0.717) is 0 Å². The summed E-state index contributed by atoms with van der Waals surface area (Å²) in [5, 5.41) is 16.7. The summed E-state index contributed by atoms with van der Waals surface area (Å²) in [5.41, 5.74) is 0. The zero-order valence-corrected chi connectivity index (χ0v) is 7.72. The third kappa shape index (κ3) is 46.5. The van der Waals surface area contributed by atoms with Crippen LogP contribution >= 0.6 is 0 Å². The van der Waals surface area contributed by atoms with Crippen LogP contribution in [0.15, 0.2) is 0 Å². The van der Waals surface area contributed by atoms with Crippen molar-refractivity contribution in [1.29, 1.82) is 0 Å². The minimum Gasteiger partial charge on any atom is 1.00 e. The summed E-state index contributed by atoms with van der Waals surface area (Å²) in [6.07, 6.45) is -2.33. The molecule has 0 saturated heterocycles. The molecule has 3 nitrogen and oxygen atoms in total. The van der Waals surface area contributed by atoms with E-state index in [1.807, 2.05) is 0 Å². The predicted molar refractivity (Wildman–Crippen MR) is 19.7 cm³/mol. The van der Waals surface area contributed by atoms with Crippen LogP contribution in [0, 0.1) is 0 Å². The molecule has 0 N–H and O–H groups in total.